The van der Waals surface area contributed by atoms with Gasteiger partial charge in [-0.25, -0.2) is 0 Å². The molecule has 1 aromatic heterocycles. The van der Waals surface area contributed by atoms with E-state index in [0.29, 0.717) is 5.84 Å². The highest BCUT2D eigenvalue weighted by atomic mass is 15.1. The number of nitrogens with one attached hydrogen (secondary N) is 2. The summed E-state index contributed by atoms with van der Waals surface area (Å²) < 4.78 is 0. The lowest BCUT2D eigenvalue weighted by Gasteiger charge is -2.12. The molecule has 3 nitrogen and oxygen atoms in total. The van der Waals surface area contributed by atoms with Gasteiger partial charge in [0.05, 0.1) is 0 Å². The molecule has 2 aromatic rings. The predicted molar refractivity (Wildman–Crippen MR) is 58.8 cm³/mol. The van der Waals surface area contributed by atoms with Crippen LogP contribution in [0.1, 0.15) is 5.56 Å². The number of aromatic amines is 1. The summed E-state index contributed by atoms with van der Waals surface area (Å²) in [5, 5.41) is 8.99. The van der Waals surface area contributed by atoms with E-state index in [9.17, 15) is 0 Å². The van der Waals surface area contributed by atoms with Crippen molar-refractivity contribution in [3.8, 4) is 0 Å². The smallest absolute Gasteiger partial charge is 0.129 e. The van der Waals surface area contributed by atoms with Crippen molar-refractivity contribution in [1.29, 1.82) is 5.41 Å². The molecule has 0 saturated heterocycles. The Bertz CT molecular complexity index is 468. The largest absolute Gasteiger partial charge is 0.363 e. The van der Waals surface area contributed by atoms with Crippen molar-refractivity contribution in [2.75, 3.05) is 14.1 Å². The number of fused-ring (bicyclic) bond motifs is 1. The van der Waals surface area contributed by atoms with Gasteiger partial charge in [-0.05, 0) is 6.07 Å². The lowest BCUT2D eigenvalue weighted by molar-refractivity contribution is 0.620. The summed E-state index contributed by atoms with van der Waals surface area (Å²) in [7, 11) is 3.76. The van der Waals surface area contributed by atoms with Gasteiger partial charge in [0.15, 0.2) is 0 Å². The predicted octanol–water partition coefficient (Wildman–Crippen LogP) is 2.05. The molecule has 0 bridgehead atoms. The molecule has 3 heteroatoms. The minimum atomic E-state index is 0.530. The van der Waals surface area contributed by atoms with Crippen LogP contribution in [0.4, 0.5) is 0 Å². The molecule has 14 heavy (non-hydrogen) atoms. The summed E-state index contributed by atoms with van der Waals surface area (Å²) in [5.41, 5.74) is 2.03. The lowest BCUT2D eigenvalue weighted by atomic mass is 10.1. The van der Waals surface area contributed by atoms with E-state index in [4.69, 9.17) is 5.41 Å². The first kappa shape index (κ1) is 8.81. The Morgan fingerprint density at radius 2 is 2.00 bits per heavy atom. The van der Waals surface area contributed by atoms with Crippen molar-refractivity contribution < 1.29 is 0 Å². The molecule has 0 radical (unpaired) electrons. The van der Waals surface area contributed by atoms with Crippen molar-refractivity contribution in [3.05, 3.63) is 36.0 Å². The first-order chi connectivity index (χ1) is 6.70. The molecule has 0 fully saturated rings. The molecule has 1 heterocycles. The van der Waals surface area contributed by atoms with E-state index in [1.54, 1.807) is 4.90 Å². The molecule has 72 valence electrons. The number of aromatic nitrogens is 1. The molecule has 1 aromatic carbocycles. The Hall–Kier alpha value is -1.77. The van der Waals surface area contributed by atoms with Gasteiger partial charge in [-0.2, -0.15) is 0 Å². The number of hydrogen-bond donors (Lipinski definition) is 2. The van der Waals surface area contributed by atoms with Gasteiger partial charge in [0.2, 0.25) is 0 Å². The van der Waals surface area contributed by atoms with Crippen LogP contribution in [0.25, 0.3) is 10.9 Å². The Morgan fingerprint density at radius 3 is 2.71 bits per heavy atom. The van der Waals surface area contributed by atoms with Crippen LogP contribution in [0.15, 0.2) is 30.5 Å². The fraction of sp³-hybridized carbons (Fsp3) is 0.182. The summed E-state index contributed by atoms with van der Waals surface area (Å²) in [4.78, 5) is 4.96. The number of para-hydroxylation sites is 1. The quantitative estimate of drug-likeness (QED) is 0.521. The number of rotatable bonds is 1. The van der Waals surface area contributed by atoms with Crippen LogP contribution >= 0.6 is 0 Å². The van der Waals surface area contributed by atoms with Crippen molar-refractivity contribution in [2.24, 2.45) is 0 Å². The van der Waals surface area contributed by atoms with Crippen molar-refractivity contribution >= 4 is 16.7 Å². The molecule has 0 atom stereocenters. The van der Waals surface area contributed by atoms with Gasteiger partial charge in [0.1, 0.15) is 5.84 Å². The molecule has 0 aliphatic carbocycles. The van der Waals surface area contributed by atoms with Crippen molar-refractivity contribution in [2.45, 2.75) is 0 Å². The third kappa shape index (κ3) is 1.27. The second-order valence-electron chi connectivity index (χ2n) is 3.49. The number of nitrogens with zero attached hydrogens (tertiary/aromatic N) is 1. The van der Waals surface area contributed by atoms with E-state index in [1.165, 1.54) is 0 Å². The Morgan fingerprint density at radius 1 is 1.29 bits per heavy atom. The van der Waals surface area contributed by atoms with Crippen LogP contribution in [0.5, 0.6) is 0 Å². The Labute approximate surface area is 82.9 Å². The molecule has 0 amide bonds. The van der Waals surface area contributed by atoms with Crippen LogP contribution in [0, 0.1) is 5.41 Å². The average Bonchev–Trinajstić information content (AvgIpc) is 2.60. The number of amidine groups is 1. The highest BCUT2D eigenvalue weighted by Crippen LogP contribution is 2.18. The molecule has 0 aliphatic rings. The van der Waals surface area contributed by atoms with Gasteiger partial charge < -0.3 is 9.88 Å². The van der Waals surface area contributed by atoms with Gasteiger partial charge >= 0.3 is 0 Å². The standard InChI is InChI=1S/C11H13N3/c1-14(2)11(12)9-7-13-10-6-4-3-5-8(9)10/h3-7,12-13H,1-2H3. The molecular formula is C11H13N3. The summed E-state index contributed by atoms with van der Waals surface area (Å²) >= 11 is 0. The lowest BCUT2D eigenvalue weighted by Crippen LogP contribution is -2.21. The highest BCUT2D eigenvalue weighted by molar-refractivity contribution is 6.07. The zero-order valence-electron chi connectivity index (χ0n) is 8.33. The number of H-pyrrole nitrogens is 1. The Kier molecular flexibility index (Phi) is 2.00. The van der Waals surface area contributed by atoms with E-state index < -0.39 is 0 Å². The van der Waals surface area contributed by atoms with Crippen molar-refractivity contribution in [1.82, 2.24) is 9.88 Å². The monoisotopic (exact) mass is 187 g/mol. The highest BCUT2D eigenvalue weighted by Gasteiger charge is 2.08. The minimum Gasteiger partial charge on any atom is -0.363 e. The van der Waals surface area contributed by atoms with Gasteiger partial charge in [-0.15, -0.1) is 0 Å². The van der Waals surface area contributed by atoms with Gasteiger partial charge in [0, 0.05) is 36.8 Å². The topological polar surface area (TPSA) is 42.9 Å². The first-order valence-electron chi connectivity index (χ1n) is 4.52. The zero-order chi connectivity index (χ0) is 10.1. The summed E-state index contributed by atoms with van der Waals surface area (Å²) in [6.07, 6.45) is 1.88. The van der Waals surface area contributed by atoms with Crippen LogP contribution in [-0.2, 0) is 0 Å². The third-order valence-corrected chi connectivity index (χ3v) is 2.29. The molecule has 0 unspecified atom stereocenters. The molecular weight excluding hydrogens is 174 g/mol. The first-order valence-corrected chi connectivity index (χ1v) is 4.52. The Balaban J connectivity index is 2.58. The maximum absolute atomic E-state index is 7.89. The van der Waals surface area contributed by atoms with Crippen LogP contribution in [-0.4, -0.2) is 29.8 Å². The van der Waals surface area contributed by atoms with Crippen molar-refractivity contribution in [3.63, 3.8) is 0 Å². The van der Waals surface area contributed by atoms with E-state index in [1.807, 2.05) is 44.6 Å². The second-order valence-corrected chi connectivity index (χ2v) is 3.49. The minimum absolute atomic E-state index is 0.530. The zero-order valence-corrected chi connectivity index (χ0v) is 8.33. The van der Waals surface area contributed by atoms with Gasteiger partial charge in [-0.3, -0.25) is 5.41 Å². The summed E-state index contributed by atoms with van der Waals surface area (Å²) in [5.74, 6) is 0.530. The fourth-order valence-corrected chi connectivity index (χ4v) is 1.51. The maximum Gasteiger partial charge on any atom is 0.129 e. The summed E-state index contributed by atoms with van der Waals surface area (Å²) in [6, 6.07) is 8.02. The van der Waals surface area contributed by atoms with E-state index in [0.717, 1.165) is 16.5 Å². The fourth-order valence-electron chi connectivity index (χ4n) is 1.51. The average molecular weight is 187 g/mol. The van der Waals surface area contributed by atoms with E-state index in [-0.39, 0.29) is 0 Å². The van der Waals surface area contributed by atoms with Crippen LogP contribution in [0.3, 0.4) is 0 Å². The number of benzene rings is 1. The van der Waals surface area contributed by atoms with E-state index in [2.05, 4.69) is 4.98 Å². The van der Waals surface area contributed by atoms with Crippen LogP contribution < -0.4 is 0 Å². The molecule has 2 N–H and O–H groups in total. The normalized spacial score (nSPS) is 10.4. The molecule has 0 spiro atoms. The van der Waals surface area contributed by atoms with Crippen LogP contribution in [0.2, 0.25) is 0 Å². The molecule has 2 rings (SSSR count). The molecule has 0 saturated carbocycles. The number of hydrogen-bond acceptors (Lipinski definition) is 1. The van der Waals surface area contributed by atoms with E-state index >= 15 is 0 Å². The maximum atomic E-state index is 7.89. The SMILES string of the molecule is CN(C)C(=N)c1c[nH]c2ccccc12. The summed E-state index contributed by atoms with van der Waals surface area (Å²) in [6.45, 7) is 0. The van der Waals surface area contributed by atoms with Gasteiger partial charge in [0.25, 0.3) is 0 Å². The molecule has 0 aliphatic heterocycles. The van der Waals surface area contributed by atoms with Gasteiger partial charge in [-0.1, -0.05) is 18.2 Å². The second kappa shape index (κ2) is 3.18. The third-order valence-electron chi connectivity index (χ3n) is 2.29.